The van der Waals surface area contributed by atoms with Crippen molar-refractivity contribution in [1.82, 2.24) is 0 Å². The fourth-order valence-electron chi connectivity index (χ4n) is 2.50. The van der Waals surface area contributed by atoms with E-state index in [0.29, 0.717) is 22.6 Å². The van der Waals surface area contributed by atoms with Crippen molar-refractivity contribution in [2.45, 2.75) is 13.0 Å². The Bertz CT molecular complexity index is 947. The third-order valence-corrected chi connectivity index (χ3v) is 3.89. The van der Waals surface area contributed by atoms with E-state index in [1.54, 1.807) is 19.1 Å². The Balaban J connectivity index is 1.80. The molecule has 1 heterocycles. The van der Waals surface area contributed by atoms with Gasteiger partial charge in [0.1, 0.15) is 11.5 Å². The molecule has 138 valence electrons. The SMILES string of the molecule is COC(=O)C(C)Oc1ccc2c(c1)OC(=Cc1ccc([N+](=O)[O-])cc1)C2=O. The van der Waals surface area contributed by atoms with E-state index < -0.39 is 17.0 Å². The van der Waals surface area contributed by atoms with Crippen molar-refractivity contribution in [2.75, 3.05) is 7.11 Å². The minimum atomic E-state index is -0.805. The number of allylic oxidation sites excluding steroid dienone is 1. The zero-order valence-corrected chi connectivity index (χ0v) is 14.5. The zero-order valence-electron chi connectivity index (χ0n) is 14.5. The summed E-state index contributed by atoms with van der Waals surface area (Å²) in [5.41, 5.74) is 0.911. The molecule has 1 unspecified atom stereocenters. The third-order valence-electron chi connectivity index (χ3n) is 3.89. The number of carbonyl (C=O) groups is 2. The van der Waals surface area contributed by atoms with Crippen LogP contribution in [-0.4, -0.2) is 29.9 Å². The van der Waals surface area contributed by atoms with Crippen molar-refractivity contribution in [3.63, 3.8) is 0 Å². The first kappa shape index (κ1) is 18.1. The van der Waals surface area contributed by atoms with Crippen LogP contribution in [0.4, 0.5) is 5.69 Å². The fourth-order valence-corrected chi connectivity index (χ4v) is 2.50. The maximum Gasteiger partial charge on any atom is 0.346 e. The molecule has 1 aliphatic heterocycles. The highest BCUT2D eigenvalue weighted by Gasteiger charge is 2.28. The van der Waals surface area contributed by atoms with E-state index in [9.17, 15) is 19.7 Å². The molecular formula is C19H15NO7. The number of rotatable bonds is 5. The topological polar surface area (TPSA) is 105 Å². The second-order valence-electron chi connectivity index (χ2n) is 5.73. The molecule has 0 spiro atoms. The molecule has 0 radical (unpaired) electrons. The van der Waals surface area contributed by atoms with E-state index in [2.05, 4.69) is 4.74 Å². The second-order valence-corrected chi connectivity index (χ2v) is 5.73. The van der Waals surface area contributed by atoms with Crippen LogP contribution < -0.4 is 9.47 Å². The molecule has 0 amide bonds. The lowest BCUT2D eigenvalue weighted by molar-refractivity contribution is -0.384. The van der Waals surface area contributed by atoms with Crippen LogP contribution in [0.1, 0.15) is 22.8 Å². The second kappa shape index (κ2) is 7.28. The summed E-state index contributed by atoms with van der Waals surface area (Å²) in [6.07, 6.45) is 0.698. The molecule has 0 N–H and O–H groups in total. The average molecular weight is 369 g/mol. The molecule has 2 aromatic rings. The first-order chi connectivity index (χ1) is 12.9. The lowest BCUT2D eigenvalue weighted by Crippen LogP contribution is -2.24. The van der Waals surface area contributed by atoms with Crippen LogP contribution in [0.15, 0.2) is 48.2 Å². The molecule has 0 aliphatic carbocycles. The monoisotopic (exact) mass is 369 g/mol. The minimum Gasteiger partial charge on any atom is -0.479 e. The number of hydrogen-bond acceptors (Lipinski definition) is 7. The molecule has 1 aliphatic rings. The first-order valence-electron chi connectivity index (χ1n) is 7.96. The van der Waals surface area contributed by atoms with Gasteiger partial charge >= 0.3 is 5.97 Å². The molecule has 0 saturated heterocycles. The lowest BCUT2D eigenvalue weighted by Gasteiger charge is -2.12. The largest absolute Gasteiger partial charge is 0.479 e. The van der Waals surface area contributed by atoms with Gasteiger partial charge in [-0.1, -0.05) is 0 Å². The summed E-state index contributed by atoms with van der Waals surface area (Å²) < 4.78 is 15.7. The van der Waals surface area contributed by atoms with E-state index >= 15 is 0 Å². The van der Waals surface area contributed by atoms with Crippen molar-refractivity contribution < 1.29 is 28.7 Å². The number of ketones is 1. The molecule has 3 rings (SSSR count). The summed E-state index contributed by atoms with van der Waals surface area (Å²) in [6, 6.07) is 10.4. The molecule has 8 heteroatoms. The molecule has 0 bridgehead atoms. The highest BCUT2D eigenvalue weighted by atomic mass is 16.6. The van der Waals surface area contributed by atoms with E-state index in [1.165, 1.54) is 43.5 Å². The van der Waals surface area contributed by atoms with Crippen molar-refractivity contribution in [1.29, 1.82) is 0 Å². The third kappa shape index (κ3) is 3.79. The highest BCUT2D eigenvalue weighted by molar-refractivity contribution is 6.14. The van der Waals surface area contributed by atoms with Crippen molar-refractivity contribution in [3.8, 4) is 11.5 Å². The quantitative estimate of drug-likeness (QED) is 0.345. The number of Topliss-reactive ketones (excluding diaryl/α,β-unsaturated/α-hetero) is 1. The number of fused-ring (bicyclic) bond motifs is 1. The van der Waals surface area contributed by atoms with Crippen LogP contribution in [0.3, 0.4) is 0 Å². The molecule has 0 fully saturated rings. The van der Waals surface area contributed by atoms with Gasteiger partial charge in [0.05, 0.1) is 17.6 Å². The van der Waals surface area contributed by atoms with Crippen molar-refractivity contribution >= 4 is 23.5 Å². The number of methoxy groups -OCH3 is 1. The highest BCUT2D eigenvalue weighted by Crippen LogP contribution is 2.35. The van der Waals surface area contributed by atoms with Crippen molar-refractivity contribution in [3.05, 3.63) is 69.5 Å². The smallest absolute Gasteiger partial charge is 0.346 e. The van der Waals surface area contributed by atoms with Gasteiger partial charge in [0.2, 0.25) is 5.78 Å². The first-order valence-corrected chi connectivity index (χ1v) is 7.96. The maximum atomic E-state index is 12.4. The normalized spacial score (nSPS) is 15.0. The number of esters is 1. The van der Waals surface area contributed by atoms with Crippen LogP contribution in [0, 0.1) is 10.1 Å². The summed E-state index contributed by atoms with van der Waals surface area (Å²) >= 11 is 0. The van der Waals surface area contributed by atoms with Gasteiger partial charge in [0.15, 0.2) is 11.9 Å². The molecule has 0 aromatic heterocycles. The van der Waals surface area contributed by atoms with E-state index in [4.69, 9.17) is 9.47 Å². The standard InChI is InChI=1S/C19H15NO7/c1-11(19(22)25-2)26-14-7-8-15-16(10-14)27-17(18(15)21)9-12-3-5-13(6-4-12)20(23)24/h3-11H,1-2H3. The van der Waals surface area contributed by atoms with Gasteiger partial charge in [-0.05, 0) is 42.8 Å². The Morgan fingerprint density at radius 2 is 1.93 bits per heavy atom. The van der Waals surface area contributed by atoms with Gasteiger partial charge < -0.3 is 14.2 Å². The summed E-state index contributed by atoms with van der Waals surface area (Å²) in [5, 5.41) is 10.7. The summed E-state index contributed by atoms with van der Waals surface area (Å²) in [6.45, 7) is 1.55. The number of benzene rings is 2. The summed E-state index contributed by atoms with van der Waals surface area (Å²) in [5.74, 6) is -0.0713. The number of nitro groups is 1. The Hall–Kier alpha value is -3.68. The van der Waals surface area contributed by atoms with Crippen LogP contribution >= 0.6 is 0 Å². The Morgan fingerprint density at radius 1 is 1.22 bits per heavy atom. The number of non-ortho nitro benzene ring substituents is 1. The predicted molar refractivity (Wildman–Crippen MR) is 94.6 cm³/mol. The van der Waals surface area contributed by atoms with Crippen molar-refractivity contribution in [2.24, 2.45) is 0 Å². The lowest BCUT2D eigenvalue weighted by atomic mass is 10.1. The van der Waals surface area contributed by atoms with Gasteiger partial charge in [-0.15, -0.1) is 0 Å². The van der Waals surface area contributed by atoms with E-state index in [1.807, 2.05) is 0 Å². The summed E-state index contributed by atoms with van der Waals surface area (Å²) in [7, 11) is 1.27. The molecular weight excluding hydrogens is 354 g/mol. The summed E-state index contributed by atoms with van der Waals surface area (Å²) in [4.78, 5) is 34.1. The van der Waals surface area contributed by atoms with E-state index in [-0.39, 0.29) is 17.2 Å². The molecule has 27 heavy (non-hydrogen) atoms. The molecule has 0 saturated carbocycles. The number of carbonyl (C=O) groups excluding carboxylic acids is 2. The fraction of sp³-hybridized carbons (Fsp3) is 0.158. The van der Waals surface area contributed by atoms with Crippen LogP contribution in [0.25, 0.3) is 6.08 Å². The molecule has 1 atom stereocenters. The van der Waals surface area contributed by atoms with Gasteiger partial charge in [0.25, 0.3) is 5.69 Å². The van der Waals surface area contributed by atoms with Gasteiger partial charge in [-0.3, -0.25) is 14.9 Å². The number of hydrogen-bond donors (Lipinski definition) is 0. The number of nitro benzene ring substituents is 1. The van der Waals surface area contributed by atoms with E-state index in [0.717, 1.165) is 0 Å². The Kier molecular flexibility index (Phi) is 4.89. The van der Waals surface area contributed by atoms with Crippen LogP contribution in [0.2, 0.25) is 0 Å². The minimum absolute atomic E-state index is 0.0411. The number of nitrogens with zero attached hydrogens (tertiary/aromatic N) is 1. The van der Waals surface area contributed by atoms with Crippen LogP contribution in [0.5, 0.6) is 11.5 Å². The Labute approximate surface area is 154 Å². The Morgan fingerprint density at radius 3 is 2.56 bits per heavy atom. The van der Waals surface area contributed by atoms with Gasteiger partial charge in [-0.2, -0.15) is 0 Å². The average Bonchev–Trinajstić information content (AvgIpc) is 2.96. The van der Waals surface area contributed by atoms with Gasteiger partial charge in [-0.25, -0.2) is 4.79 Å². The maximum absolute atomic E-state index is 12.4. The molecule has 8 nitrogen and oxygen atoms in total. The van der Waals surface area contributed by atoms with Crippen LogP contribution in [-0.2, 0) is 9.53 Å². The zero-order chi connectivity index (χ0) is 19.6. The molecule has 2 aromatic carbocycles. The van der Waals surface area contributed by atoms with Gasteiger partial charge in [0, 0.05) is 18.2 Å². The number of ether oxygens (including phenoxy) is 3. The predicted octanol–water partition coefficient (Wildman–Crippen LogP) is 3.15.